The van der Waals surface area contributed by atoms with Gasteiger partial charge in [0.1, 0.15) is 11.8 Å². The monoisotopic (exact) mass is 433 g/mol. The quantitative estimate of drug-likeness (QED) is 0.614. The summed E-state index contributed by atoms with van der Waals surface area (Å²) in [6.45, 7) is 1.48. The van der Waals surface area contributed by atoms with Gasteiger partial charge in [-0.1, -0.05) is 0 Å². The summed E-state index contributed by atoms with van der Waals surface area (Å²) in [5, 5.41) is 15.4. The second-order valence-electron chi connectivity index (χ2n) is 8.17. The number of fused-ring (bicyclic) bond motifs is 1. The number of aliphatic hydroxyl groups excluding tert-OH is 1. The fourth-order valence-corrected chi connectivity index (χ4v) is 7.51. The first-order chi connectivity index (χ1) is 14.4. The van der Waals surface area contributed by atoms with Crippen LogP contribution in [0.5, 0.6) is 5.75 Å². The van der Waals surface area contributed by atoms with Crippen LogP contribution in [0.15, 0.2) is 24.3 Å². The topological polar surface area (TPSA) is 108 Å². The molecule has 0 aliphatic carbocycles. The Labute approximate surface area is 179 Å². The Morgan fingerprint density at radius 3 is 2.63 bits per heavy atom. The molecule has 0 aromatic heterocycles. The summed E-state index contributed by atoms with van der Waals surface area (Å²) < 4.78 is 4.50. The van der Waals surface area contributed by atoms with E-state index in [-0.39, 0.29) is 29.6 Å². The van der Waals surface area contributed by atoms with E-state index in [0.717, 1.165) is 6.42 Å². The number of anilines is 1. The highest BCUT2D eigenvalue weighted by Crippen LogP contribution is 2.66. The van der Waals surface area contributed by atoms with Crippen molar-refractivity contribution in [3.63, 3.8) is 0 Å². The SMILES string of the molecule is CNC(=O)[C@@H]1[C@H]2C(=O)N([C@H](C)CO)C(C(=O)Nc3ccc(OC)cc3)C23CC[C@H]1S3. The lowest BCUT2D eigenvalue weighted by Crippen LogP contribution is -2.54. The number of methoxy groups -OCH3 is 1. The van der Waals surface area contributed by atoms with Crippen molar-refractivity contribution in [2.45, 2.75) is 41.8 Å². The molecular weight excluding hydrogens is 406 g/mol. The number of aliphatic hydroxyl groups is 1. The van der Waals surface area contributed by atoms with Gasteiger partial charge in [-0.05, 0) is 44.0 Å². The molecule has 3 heterocycles. The molecule has 3 fully saturated rings. The highest BCUT2D eigenvalue weighted by Gasteiger charge is 2.73. The molecule has 3 amide bonds. The number of nitrogens with one attached hydrogen (secondary N) is 2. The average molecular weight is 434 g/mol. The molecule has 1 aromatic rings. The number of ether oxygens (including phenoxy) is 1. The van der Waals surface area contributed by atoms with Gasteiger partial charge in [-0.3, -0.25) is 14.4 Å². The molecule has 1 aromatic carbocycles. The summed E-state index contributed by atoms with van der Waals surface area (Å²) in [4.78, 5) is 41.1. The minimum Gasteiger partial charge on any atom is -0.497 e. The van der Waals surface area contributed by atoms with Gasteiger partial charge in [0, 0.05) is 18.0 Å². The zero-order valence-electron chi connectivity index (χ0n) is 17.3. The molecule has 3 saturated heterocycles. The van der Waals surface area contributed by atoms with Gasteiger partial charge in [0.2, 0.25) is 17.7 Å². The molecule has 162 valence electrons. The van der Waals surface area contributed by atoms with Crippen molar-refractivity contribution in [2.24, 2.45) is 11.8 Å². The maximum absolute atomic E-state index is 13.5. The Morgan fingerprint density at radius 1 is 1.33 bits per heavy atom. The average Bonchev–Trinajstić information content (AvgIpc) is 3.40. The molecule has 3 aliphatic rings. The number of carbonyl (C=O) groups excluding carboxylic acids is 3. The molecule has 1 spiro atoms. The lowest BCUT2D eigenvalue weighted by Gasteiger charge is -2.36. The van der Waals surface area contributed by atoms with E-state index >= 15 is 0 Å². The summed E-state index contributed by atoms with van der Waals surface area (Å²) in [6.07, 6.45) is 1.49. The number of carbonyl (C=O) groups is 3. The standard InChI is InChI=1S/C21H27N3O5S/c1-11(10-25)24-17(19(27)23-12-4-6-13(29-3)7-5-12)21-9-8-14(30-21)15(18(26)22-2)16(21)20(24)28/h4-7,11,14-17,25H,8-10H2,1-3H3,(H,22,26)(H,23,27)/t11-,14-,15+,16+,17?,21?/m1/s1. The van der Waals surface area contributed by atoms with E-state index < -0.39 is 28.7 Å². The Balaban J connectivity index is 1.69. The molecule has 6 atom stereocenters. The smallest absolute Gasteiger partial charge is 0.248 e. The largest absolute Gasteiger partial charge is 0.497 e. The number of rotatable bonds is 6. The van der Waals surface area contributed by atoms with Crippen molar-refractivity contribution < 1.29 is 24.2 Å². The Kier molecular flexibility index (Phi) is 5.44. The third-order valence-corrected chi connectivity index (χ3v) is 8.58. The first-order valence-corrected chi connectivity index (χ1v) is 11.0. The van der Waals surface area contributed by atoms with Crippen LogP contribution in [-0.2, 0) is 14.4 Å². The van der Waals surface area contributed by atoms with Crippen molar-refractivity contribution in [1.29, 1.82) is 0 Å². The molecule has 9 heteroatoms. The maximum Gasteiger partial charge on any atom is 0.248 e. The highest BCUT2D eigenvalue weighted by molar-refractivity contribution is 8.02. The fourth-order valence-electron chi connectivity index (χ4n) is 5.30. The minimum atomic E-state index is -0.746. The van der Waals surface area contributed by atoms with Crippen molar-refractivity contribution in [3.05, 3.63) is 24.3 Å². The molecule has 2 unspecified atom stereocenters. The summed E-state index contributed by atoms with van der Waals surface area (Å²) in [7, 11) is 3.15. The minimum absolute atomic E-state index is 0.0294. The van der Waals surface area contributed by atoms with Gasteiger partial charge < -0.3 is 25.4 Å². The van der Waals surface area contributed by atoms with E-state index in [4.69, 9.17) is 4.74 Å². The Morgan fingerprint density at radius 2 is 2.03 bits per heavy atom. The highest BCUT2D eigenvalue weighted by atomic mass is 32.2. The van der Waals surface area contributed by atoms with E-state index in [9.17, 15) is 19.5 Å². The second kappa shape index (κ2) is 7.77. The van der Waals surface area contributed by atoms with Crippen LogP contribution in [0.4, 0.5) is 5.69 Å². The first kappa shape index (κ1) is 21.0. The Hall–Kier alpha value is -2.26. The van der Waals surface area contributed by atoms with Crippen LogP contribution in [0.1, 0.15) is 19.8 Å². The lowest BCUT2D eigenvalue weighted by molar-refractivity contribution is -0.141. The maximum atomic E-state index is 13.5. The zero-order chi connectivity index (χ0) is 21.6. The number of hydrogen-bond acceptors (Lipinski definition) is 6. The van der Waals surface area contributed by atoms with Gasteiger partial charge in [-0.15, -0.1) is 11.8 Å². The third kappa shape index (κ3) is 2.98. The number of hydrogen-bond donors (Lipinski definition) is 3. The van der Waals surface area contributed by atoms with E-state index in [0.29, 0.717) is 17.9 Å². The molecule has 3 aliphatic heterocycles. The van der Waals surface area contributed by atoms with Crippen molar-refractivity contribution >= 4 is 35.2 Å². The van der Waals surface area contributed by atoms with E-state index in [1.165, 1.54) is 4.90 Å². The van der Waals surface area contributed by atoms with E-state index in [1.807, 2.05) is 0 Å². The van der Waals surface area contributed by atoms with Gasteiger partial charge in [0.05, 0.1) is 36.3 Å². The van der Waals surface area contributed by atoms with Crippen LogP contribution in [0.3, 0.4) is 0 Å². The van der Waals surface area contributed by atoms with Crippen LogP contribution in [0, 0.1) is 11.8 Å². The van der Waals surface area contributed by atoms with Gasteiger partial charge in [-0.25, -0.2) is 0 Å². The number of benzene rings is 1. The van der Waals surface area contributed by atoms with Crippen molar-refractivity contribution in [3.8, 4) is 5.75 Å². The molecule has 8 nitrogen and oxygen atoms in total. The van der Waals surface area contributed by atoms with Crippen LogP contribution < -0.4 is 15.4 Å². The first-order valence-electron chi connectivity index (χ1n) is 10.1. The van der Waals surface area contributed by atoms with Crippen molar-refractivity contribution in [1.82, 2.24) is 10.2 Å². The molecule has 0 saturated carbocycles. The normalized spacial score (nSPS) is 32.7. The van der Waals surface area contributed by atoms with Crippen LogP contribution >= 0.6 is 11.8 Å². The second-order valence-corrected chi connectivity index (χ2v) is 9.77. The number of amides is 3. The summed E-state index contributed by atoms with van der Waals surface area (Å²) in [5.74, 6) is -0.983. The van der Waals surface area contributed by atoms with Gasteiger partial charge in [0.15, 0.2) is 0 Å². The van der Waals surface area contributed by atoms with E-state index in [1.54, 1.807) is 57.1 Å². The van der Waals surface area contributed by atoms with Crippen LogP contribution in [0.2, 0.25) is 0 Å². The fraction of sp³-hybridized carbons (Fsp3) is 0.571. The third-order valence-electron chi connectivity index (χ3n) is 6.63. The Bertz CT molecular complexity index is 863. The van der Waals surface area contributed by atoms with Crippen LogP contribution in [0.25, 0.3) is 0 Å². The predicted octanol–water partition coefficient (Wildman–Crippen LogP) is 0.852. The molecule has 4 rings (SSSR count). The summed E-state index contributed by atoms with van der Waals surface area (Å²) >= 11 is 1.60. The molecular formula is C21H27N3O5S. The summed E-state index contributed by atoms with van der Waals surface area (Å²) in [6, 6.07) is 5.73. The van der Waals surface area contributed by atoms with Gasteiger partial charge in [0.25, 0.3) is 0 Å². The molecule has 0 radical (unpaired) electrons. The molecule has 30 heavy (non-hydrogen) atoms. The van der Waals surface area contributed by atoms with Gasteiger partial charge in [-0.2, -0.15) is 0 Å². The number of nitrogens with zero attached hydrogens (tertiary/aromatic N) is 1. The summed E-state index contributed by atoms with van der Waals surface area (Å²) in [5.41, 5.74) is 0.602. The molecule has 3 N–H and O–H groups in total. The molecule has 2 bridgehead atoms. The zero-order valence-corrected chi connectivity index (χ0v) is 18.1. The number of thioether (sulfide) groups is 1. The van der Waals surface area contributed by atoms with Crippen LogP contribution in [-0.4, -0.2) is 70.6 Å². The lowest BCUT2D eigenvalue weighted by atomic mass is 9.71. The predicted molar refractivity (Wildman–Crippen MR) is 113 cm³/mol. The number of likely N-dealkylation sites (tertiary alicyclic amines) is 1. The van der Waals surface area contributed by atoms with E-state index in [2.05, 4.69) is 10.6 Å². The van der Waals surface area contributed by atoms with Gasteiger partial charge >= 0.3 is 0 Å². The van der Waals surface area contributed by atoms with Crippen molar-refractivity contribution in [2.75, 3.05) is 26.1 Å².